The Morgan fingerprint density at radius 1 is 1.05 bits per heavy atom. The van der Waals surface area contributed by atoms with Gasteiger partial charge in [-0.25, -0.2) is 9.97 Å². The number of aryl methyl sites for hydroxylation is 1. The molecule has 2 aromatic carbocycles. The van der Waals surface area contributed by atoms with Crippen molar-refractivity contribution in [3.8, 4) is 0 Å². The Hall–Kier alpha value is -4.22. The van der Waals surface area contributed by atoms with E-state index in [-0.39, 0.29) is 11.7 Å². The molecule has 1 saturated heterocycles. The quantitative estimate of drug-likeness (QED) is 0.252. The first-order valence-corrected chi connectivity index (χ1v) is 13.9. The van der Waals surface area contributed by atoms with Gasteiger partial charge in [-0.1, -0.05) is 18.2 Å². The van der Waals surface area contributed by atoms with E-state index in [0.29, 0.717) is 29.6 Å². The number of rotatable bonds is 10. The summed E-state index contributed by atoms with van der Waals surface area (Å²) in [5.74, 6) is -0.201. The fourth-order valence-electron chi connectivity index (χ4n) is 4.81. The Labute approximate surface area is 242 Å². The maximum atomic E-state index is 13.0. The molecule has 0 spiro atoms. The van der Waals surface area contributed by atoms with Crippen molar-refractivity contribution in [2.24, 2.45) is 0 Å². The summed E-state index contributed by atoms with van der Waals surface area (Å²) in [5, 5.41) is 9.12. The molecule has 3 N–H and O–H groups in total. The van der Waals surface area contributed by atoms with Gasteiger partial charge < -0.3 is 25.6 Å². The first kappa shape index (κ1) is 29.3. The molecule has 1 atom stereocenters. The number of allylic oxidation sites excluding steroid dienone is 1. The lowest BCUT2D eigenvalue weighted by Crippen LogP contribution is -2.26. The van der Waals surface area contributed by atoms with Crippen LogP contribution in [0.5, 0.6) is 0 Å². The van der Waals surface area contributed by atoms with Gasteiger partial charge in [-0.15, -0.1) is 0 Å². The summed E-state index contributed by atoms with van der Waals surface area (Å²) in [4.78, 5) is 23.9. The number of carbonyl (C=O) groups is 1. The highest BCUT2D eigenvalue weighted by atomic mass is 19.4. The summed E-state index contributed by atoms with van der Waals surface area (Å²) in [6, 6.07) is 9.50. The van der Waals surface area contributed by atoms with Crippen LogP contribution >= 0.6 is 0 Å². The van der Waals surface area contributed by atoms with Crippen LogP contribution < -0.4 is 16.0 Å². The number of hydrogen-bond donors (Lipinski definition) is 3. The van der Waals surface area contributed by atoms with E-state index in [0.717, 1.165) is 49.4 Å². The molecule has 5 rings (SSSR count). The van der Waals surface area contributed by atoms with Gasteiger partial charge in [-0.3, -0.25) is 4.79 Å². The molecule has 8 nitrogen and oxygen atoms in total. The van der Waals surface area contributed by atoms with Gasteiger partial charge in [0.15, 0.2) is 0 Å². The number of amides is 1. The predicted octanol–water partition coefficient (Wildman–Crippen LogP) is 6.54. The lowest BCUT2D eigenvalue weighted by atomic mass is 10.1. The van der Waals surface area contributed by atoms with Gasteiger partial charge in [0.25, 0.3) is 5.91 Å². The first-order valence-electron chi connectivity index (χ1n) is 13.9. The maximum Gasteiger partial charge on any atom is 0.416 e. The molecule has 1 amide bonds. The van der Waals surface area contributed by atoms with Crippen LogP contribution in [0.1, 0.15) is 40.7 Å². The van der Waals surface area contributed by atoms with E-state index < -0.39 is 17.6 Å². The Bertz CT molecular complexity index is 1450. The topological polar surface area (TPSA) is 91.4 Å². The monoisotopic (exact) mass is 578 g/mol. The first-order chi connectivity index (χ1) is 20.2. The number of ether oxygens (including phenoxy) is 1. The van der Waals surface area contributed by atoms with Crippen molar-refractivity contribution in [3.05, 3.63) is 95.5 Å². The van der Waals surface area contributed by atoms with Crippen LogP contribution in [-0.2, 0) is 10.9 Å². The van der Waals surface area contributed by atoms with Gasteiger partial charge in [-0.05, 0) is 87.3 Å². The normalized spacial score (nSPS) is 17.1. The minimum Gasteiger partial charge on any atom is -0.372 e. The zero-order chi connectivity index (χ0) is 29.5. The van der Waals surface area contributed by atoms with Gasteiger partial charge in [-0.2, -0.15) is 13.2 Å². The number of nitrogens with one attached hydrogen (secondary N) is 3. The third kappa shape index (κ3) is 7.95. The fourth-order valence-corrected chi connectivity index (χ4v) is 4.81. The molecule has 2 aliphatic rings. The van der Waals surface area contributed by atoms with Crippen molar-refractivity contribution in [2.45, 2.75) is 38.5 Å². The Kier molecular flexibility index (Phi) is 9.19. The van der Waals surface area contributed by atoms with Crippen molar-refractivity contribution in [1.82, 2.24) is 14.9 Å². The van der Waals surface area contributed by atoms with Crippen LogP contribution in [0.15, 0.2) is 78.8 Å². The molecule has 1 aliphatic carbocycles. The molecular formula is C31H33F3N6O2. The van der Waals surface area contributed by atoms with E-state index >= 15 is 0 Å². The molecule has 3 aromatic rings. The highest BCUT2D eigenvalue weighted by molar-refractivity contribution is 6.04. The van der Waals surface area contributed by atoms with Gasteiger partial charge in [0.2, 0.25) is 5.95 Å². The number of halogens is 3. The SMILES string of the molecule is Cc1ccc(NC(=O)c2cccc(C(F)(F)F)c2)cc1Nc1cnc(NC2=CC(OCCN3CCCC3)CC=C2)nc1. The van der Waals surface area contributed by atoms with Crippen molar-refractivity contribution in [3.63, 3.8) is 0 Å². The molecule has 1 fully saturated rings. The van der Waals surface area contributed by atoms with Crippen LogP contribution in [-0.4, -0.2) is 53.1 Å². The third-order valence-electron chi connectivity index (χ3n) is 7.10. The minimum atomic E-state index is -4.53. The smallest absolute Gasteiger partial charge is 0.372 e. The summed E-state index contributed by atoms with van der Waals surface area (Å²) < 4.78 is 45.2. The average molecular weight is 579 g/mol. The van der Waals surface area contributed by atoms with Crippen LogP contribution in [0.3, 0.4) is 0 Å². The maximum absolute atomic E-state index is 13.0. The number of carbonyl (C=O) groups excluding carboxylic acids is 1. The molecule has 0 saturated carbocycles. The van der Waals surface area contributed by atoms with Gasteiger partial charge >= 0.3 is 6.18 Å². The number of alkyl halides is 3. The number of aromatic nitrogens is 2. The number of nitrogens with zero attached hydrogens (tertiary/aromatic N) is 3. The lowest BCUT2D eigenvalue weighted by Gasteiger charge is -2.20. The largest absolute Gasteiger partial charge is 0.416 e. The molecule has 2 heterocycles. The van der Waals surface area contributed by atoms with Crippen molar-refractivity contribution in [1.29, 1.82) is 0 Å². The second-order valence-electron chi connectivity index (χ2n) is 10.3. The van der Waals surface area contributed by atoms with E-state index in [9.17, 15) is 18.0 Å². The fraction of sp³-hybridized carbons (Fsp3) is 0.323. The zero-order valence-corrected chi connectivity index (χ0v) is 23.2. The van der Waals surface area contributed by atoms with Crippen molar-refractivity contribution < 1.29 is 22.7 Å². The molecule has 1 aliphatic heterocycles. The van der Waals surface area contributed by atoms with Crippen LogP contribution in [0, 0.1) is 6.92 Å². The number of hydrogen-bond acceptors (Lipinski definition) is 7. The molecular weight excluding hydrogens is 545 g/mol. The number of likely N-dealkylation sites (tertiary alicyclic amines) is 1. The van der Waals surface area contributed by atoms with E-state index in [1.165, 1.54) is 25.0 Å². The summed E-state index contributed by atoms with van der Waals surface area (Å²) in [7, 11) is 0. The standard InChI is InChI=1S/C31H33F3N6O2/c1-21-10-11-25(38-29(41)22-6-4-7-23(16-22)31(32,33)34)18-28(21)37-26-19-35-30(36-20-26)39-24-8-5-9-27(17-24)42-15-14-40-12-2-3-13-40/h4-8,10-11,16-20,27,37H,2-3,9,12-15H2,1H3,(H,38,41)(H,35,36,39). The van der Waals surface area contributed by atoms with Gasteiger partial charge in [0.05, 0.1) is 36.4 Å². The molecule has 0 bridgehead atoms. The lowest BCUT2D eigenvalue weighted by molar-refractivity contribution is -0.137. The van der Waals surface area contributed by atoms with Crippen LogP contribution in [0.4, 0.5) is 36.2 Å². The molecule has 0 radical (unpaired) electrons. The Balaban J connectivity index is 1.17. The summed E-state index contributed by atoms with van der Waals surface area (Å²) in [6.45, 7) is 5.87. The third-order valence-corrected chi connectivity index (χ3v) is 7.10. The average Bonchev–Trinajstić information content (AvgIpc) is 3.49. The van der Waals surface area contributed by atoms with Crippen molar-refractivity contribution in [2.75, 3.05) is 42.2 Å². The minimum absolute atomic E-state index is 0.00497. The molecule has 1 aromatic heterocycles. The highest BCUT2D eigenvalue weighted by Crippen LogP contribution is 2.30. The zero-order valence-electron chi connectivity index (χ0n) is 23.2. The van der Waals surface area contributed by atoms with Crippen LogP contribution in [0.25, 0.3) is 0 Å². The highest BCUT2D eigenvalue weighted by Gasteiger charge is 2.31. The second kappa shape index (κ2) is 13.2. The van der Waals surface area contributed by atoms with E-state index in [2.05, 4.69) is 36.9 Å². The van der Waals surface area contributed by atoms with Gasteiger partial charge in [0.1, 0.15) is 0 Å². The van der Waals surface area contributed by atoms with Crippen molar-refractivity contribution >= 4 is 28.9 Å². The summed E-state index contributed by atoms with van der Waals surface area (Å²) in [6.07, 6.45) is 8.22. The number of benzene rings is 2. The second-order valence-corrected chi connectivity index (χ2v) is 10.3. The Morgan fingerprint density at radius 3 is 2.60 bits per heavy atom. The molecule has 1 unspecified atom stereocenters. The molecule has 220 valence electrons. The van der Waals surface area contributed by atoms with E-state index in [1.54, 1.807) is 30.6 Å². The van der Waals surface area contributed by atoms with Gasteiger partial charge in [0, 0.05) is 29.2 Å². The van der Waals surface area contributed by atoms with E-state index in [1.807, 2.05) is 19.1 Å². The molecule has 11 heteroatoms. The number of anilines is 4. The molecule has 42 heavy (non-hydrogen) atoms. The van der Waals surface area contributed by atoms with Crippen LogP contribution in [0.2, 0.25) is 0 Å². The predicted molar refractivity (Wildman–Crippen MR) is 157 cm³/mol. The van der Waals surface area contributed by atoms with E-state index in [4.69, 9.17) is 4.74 Å². The Morgan fingerprint density at radius 2 is 1.83 bits per heavy atom. The summed E-state index contributed by atoms with van der Waals surface area (Å²) >= 11 is 0. The summed E-state index contributed by atoms with van der Waals surface area (Å²) in [5.41, 5.74) is 2.54.